The van der Waals surface area contributed by atoms with Crippen molar-refractivity contribution in [3.8, 4) is 0 Å². The average molecular weight is 253 g/mol. The number of anilines is 1. The molecule has 1 heterocycles. The molecule has 1 aromatic heterocycles. The zero-order valence-corrected chi connectivity index (χ0v) is 9.44. The van der Waals surface area contributed by atoms with Crippen LogP contribution in [0.2, 0.25) is 5.02 Å². The Balaban J connectivity index is 2.19. The lowest BCUT2D eigenvalue weighted by Gasteiger charge is -2.08. The van der Waals surface area contributed by atoms with Gasteiger partial charge in [-0.05, 0) is 18.2 Å². The summed E-state index contributed by atoms with van der Waals surface area (Å²) in [6, 6.07) is 6.24. The van der Waals surface area contributed by atoms with Crippen LogP contribution in [0.25, 0.3) is 0 Å². The third kappa shape index (κ3) is 2.76. The Kier molecular flexibility index (Phi) is 3.30. The van der Waals surface area contributed by atoms with E-state index in [1.165, 1.54) is 18.4 Å². The van der Waals surface area contributed by atoms with Crippen LogP contribution in [0.4, 0.5) is 5.69 Å². The summed E-state index contributed by atoms with van der Waals surface area (Å²) in [5.41, 5.74) is 1.30. The number of hydrogen-bond donors (Lipinski definition) is 2. The number of carboxylic acids is 1. The van der Waals surface area contributed by atoms with E-state index in [9.17, 15) is 4.79 Å². The quantitative estimate of drug-likeness (QED) is 0.875. The predicted octanol–water partition coefficient (Wildman–Crippen LogP) is 2.64. The fraction of sp³-hybridized carbons (Fsp3) is 0.0909. The molecule has 0 atom stereocenters. The molecule has 0 aliphatic heterocycles. The molecule has 5 nitrogen and oxygen atoms in total. The first kappa shape index (κ1) is 11.5. The van der Waals surface area contributed by atoms with Gasteiger partial charge < -0.3 is 14.9 Å². The molecule has 0 unspecified atom stereocenters. The molecule has 1 aromatic carbocycles. The molecule has 0 aliphatic carbocycles. The molecule has 2 N–H and O–H groups in total. The minimum absolute atomic E-state index is 0.165. The van der Waals surface area contributed by atoms with E-state index >= 15 is 0 Å². The Morgan fingerprint density at radius 2 is 2.29 bits per heavy atom. The molecule has 0 amide bonds. The lowest BCUT2D eigenvalue weighted by atomic mass is 10.2. The van der Waals surface area contributed by atoms with Crippen LogP contribution in [0.5, 0.6) is 0 Å². The second kappa shape index (κ2) is 4.88. The minimum Gasteiger partial charge on any atom is -0.478 e. The van der Waals surface area contributed by atoms with Crippen molar-refractivity contribution >= 4 is 23.3 Å². The summed E-state index contributed by atoms with van der Waals surface area (Å²) in [5, 5.41) is 16.1. The molecule has 6 heteroatoms. The number of nitrogens with one attached hydrogen (secondary N) is 1. The Morgan fingerprint density at radius 1 is 1.47 bits per heavy atom. The van der Waals surface area contributed by atoms with Gasteiger partial charge >= 0.3 is 5.97 Å². The summed E-state index contributed by atoms with van der Waals surface area (Å²) in [6.45, 7) is 0.372. The number of aromatic nitrogens is 1. The lowest BCUT2D eigenvalue weighted by Crippen LogP contribution is -2.06. The predicted molar refractivity (Wildman–Crippen MR) is 62.2 cm³/mol. The number of carboxylic acid groups (broad SMARTS) is 1. The third-order valence-corrected chi connectivity index (χ3v) is 2.40. The van der Waals surface area contributed by atoms with Gasteiger partial charge in [-0.15, -0.1) is 0 Å². The van der Waals surface area contributed by atoms with Crippen LogP contribution < -0.4 is 5.32 Å². The maximum atomic E-state index is 11.0. The lowest BCUT2D eigenvalue weighted by molar-refractivity contribution is 0.0698. The van der Waals surface area contributed by atoms with Gasteiger partial charge in [0.05, 0.1) is 17.8 Å². The van der Waals surface area contributed by atoms with Crippen LogP contribution in [0.1, 0.15) is 16.1 Å². The topological polar surface area (TPSA) is 75.4 Å². The van der Waals surface area contributed by atoms with Crippen LogP contribution >= 0.6 is 11.6 Å². The standard InChI is InChI=1S/C11H9ClN2O3/c12-7-1-2-9(11(15)16)10(5-7)13-6-8-3-4-17-14-8/h1-5,13H,6H2,(H,15,16). The van der Waals surface area contributed by atoms with E-state index in [1.54, 1.807) is 12.1 Å². The zero-order chi connectivity index (χ0) is 12.3. The van der Waals surface area contributed by atoms with Crippen LogP contribution in [-0.2, 0) is 6.54 Å². The molecular weight excluding hydrogens is 244 g/mol. The monoisotopic (exact) mass is 252 g/mol. The highest BCUT2D eigenvalue weighted by Gasteiger charge is 2.10. The number of aromatic carboxylic acids is 1. The van der Waals surface area contributed by atoms with Gasteiger partial charge in [0.2, 0.25) is 0 Å². The molecule has 0 aliphatic rings. The van der Waals surface area contributed by atoms with Crippen molar-refractivity contribution in [2.75, 3.05) is 5.32 Å². The largest absolute Gasteiger partial charge is 0.478 e. The molecule has 88 valence electrons. The highest BCUT2D eigenvalue weighted by atomic mass is 35.5. The molecule has 2 rings (SSSR count). The highest BCUT2D eigenvalue weighted by molar-refractivity contribution is 6.31. The number of benzene rings is 1. The number of hydrogen-bond acceptors (Lipinski definition) is 4. The SMILES string of the molecule is O=C(O)c1ccc(Cl)cc1NCc1ccon1. The Labute approximate surface area is 102 Å². The van der Waals surface area contributed by atoms with Crippen molar-refractivity contribution < 1.29 is 14.4 Å². The zero-order valence-electron chi connectivity index (χ0n) is 8.68. The van der Waals surface area contributed by atoms with Gasteiger partial charge in [-0.25, -0.2) is 4.79 Å². The van der Waals surface area contributed by atoms with Gasteiger partial charge in [0.1, 0.15) is 12.0 Å². The van der Waals surface area contributed by atoms with Crippen molar-refractivity contribution in [3.63, 3.8) is 0 Å². The summed E-state index contributed by atoms with van der Waals surface area (Å²) in [6.07, 6.45) is 1.45. The van der Waals surface area contributed by atoms with E-state index in [2.05, 4.69) is 15.0 Å². The Bertz CT molecular complexity index is 526. The second-order valence-corrected chi connectivity index (χ2v) is 3.78. The molecule has 0 bridgehead atoms. The summed E-state index contributed by atoms with van der Waals surface area (Å²) in [5.74, 6) is -1.01. The smallest absolute Gasteiger partial charge is 0.337 e. The van der Waals surface area contributed by atoms with E-state index in [1.807, 2.05) is 0 Å². The van der Waals surface area contributed by atoms with Gasteiger partial charge in [-0.2, -0.15) is 0 Å². The maximum absolute atomic E-state index is 11.0. The molecule has 0 spiro atoms. The van der Waals surface area contributed by atoms with Gasteiger partial charge in [0, 0.05) is 11.1 Å². The number of carbonyl (C=O) groups is 1. The van der Waals surface area contributed by atoms with Crippen molar-refractivity contribution in [2.24, 2.45) is 0 Å². The van der Waals surface area contributed by atoms with Crippen LogP contribution in [0.15, 0.2) is 35.1 Å². The maximum Gasteiger partial charge on any atom is 0.337 e. The first-order valence-corrected chi connectivity index (χ1v) is 5.20. The fourth-order valence-corrected chi connectivity index (χ4v) is 1.54. The van der Waals surface area contributed by atoms with Crippen molar-refractivity contribution in [1.82, 2.24) is 5.16 Å². The molecule has 0 saturated carbocycles. The second-order valence-electron chi connectivity index (χ2n) is 3.34. The van der Waals surface area contributed by atoms with Crippen LogP contribution in [0, 0.1) is 0 Å². The van der Waals surface area contributed by atoms with Gasteiger partial charge in [-0.1, -0.05) is 16.8 Å². The van der Waals surface area contributed by atoms with Crippen LogP contribution in [-0.4, -0.2) is 16.2 Å². The van der Waals surface area contributed by atoms with E-state index in [4.69, 9.17) is 16.7 Å². The van der Waals surface area contributed by atoms with Crippen molar-refractivity contribution in [2.45, 2.75) is 6.54 Å². The van der Waals surface area contributed by atoms with E-state index in [-0.39, 0.29) is 5.56 Å². The summed E-state index contributed by atoms with van der Waals surface area (Å²) in [4.78, 5) is 11.0. The first-order valence-electron chi connectivity index (χ1n) is 4.83. The number of rotatable bonds is 4. The van der Waals surface area contributed by atoms with E-state index in [0.29, 0.717) is 22.9 Å². The first-order chi connectivity index (χ1) is 8.16. The fourth-order valence-electron chi connectivity index (χ4n) is 1.36. The number of nitrogens with zero attached hydrogens (tertiary/aromatic N) is 1. The Hall–Kier alpha value is -2.01. The van der Waals surface area contributed by atoms with Crippen LogP contribution in [0.3, 0.4) is 0 Å². The molecule has 0 radical (unpaired) electrons. The van der Waals surface area contributed by atoms with Crippen molar-refractivity contribution in [3.05, 3.63) is 46.8 Å². The van der Waals surface area contributed by atoms with Gasteiger partial charge in [0.25, 0.3) is 0 Å². The average Bonchev–Trinajstić information content (AvgIpc) is 2.78. The molecular formula is C11H9ClN2O3. The summed E-state index contributed by atoms with van der Waals surface area (Å²) in [7, 11) is 0. The van der Waals surface area contributed by atoms with E-state index < -0.39 is 5.97 Å². The summed E-state index contributed by atoms with van der Waals surface area (Å²) < 4.78 is 4.67. The van der Waals surface area contributed by atoms with Crippen molar-refractivity contribution in [1.29, 1.82) is 0 Å². The van der Waals surface area contributed by atoms with Gasteiger partial charge in [0.15, 0.2) is 0 Å². The molecule has 0 fully saturated rings. The summed E-state index contributed by atoms with van der Waals surface area (Å²) >= 11 is 5.82. The normalized spacial score (nSPS) is 10.2. The molecule has 0 saturated heterocycles. The minimum atomic E-state index is -1.01. The van der Waals surface area contributed by atoms with E-state index in [0.717, 1.165) is 0 Å². The third-order valence-electron chi connectivity index (χ3n) is 2.16. The number of halogens is 1. The molecule has 17 heavy (non-hydrogen) atoms. The highest BCUT2D eigenvalue weighted by Crippen LogP contribution is 2.21. The molecule has 2 aromatic rings. The van der Waals surface area contributed by atoms with Gasteiger partial charge in [-0.3, -0.25) is 0 Å². The Morgan fingerprint density at radius 3 is 2.94 bits per heavy atom.